The van der Waals surface area contributed by atoms with Gasteiger partial charge < -0.3 is 0 Å². The second-order valence-corrected chi connectivity index (χ2v) is 2.34. The molecule has 1 aliphatic rings. The maximum atomic E-state index is 4.11. The van der Waals surface area contributed by atoms with Crippen molar-refractivity contribution in [1.82, 2.24) is 9.97 Å². The summed E-state index contributed by atoms with van der Waals surface area (Å²) >= 11 is 0. The Morgan fingerprint density at radius 1 is 1.17 bits per heavy atom. The molecule has 1 aromatic rings. The average Bonchev–Trinajstić information content (AvgIpc) is 2.06. The highest BCUT2D eigenvalue weighted by Gasteiger charge is 1.96. The van der Waals surface area contributed by atoms with E-state index in [9.17, 15) is 0 Å². The second-order valence-electron chi connectivity index (χ2n) is 2.34. The Balaban J connectivity index is 2.54. The molecule has 0 unspecified atom stereocenters. The van der Waals surface area contributed by atoms with Gasteiger partial charge in [0.1, 0.15) is 6.33 Å². The van der Waals surface area contributed by atoms with E-state index in [1.165, 1.54) is 6.33 Å². The van der Waals surface area contributed by atoms with Gasteiger partial charge in [0, 0.05) is 24.2 Å². The molecule has 0 atom stereocenters. The van der Waals surface area contributed by atoms with Crippen LogP contribution >= 0.6 is 0 Å². The van der Waals surface area contributed by atoms with Crippen molar-refractivity contribution in [1.29, 1.82) is 0 Å². The first-order valence-electron chi connectivity index (χ1n) is 3.63. The molecule has 0 saturated heterocycles. The molecule has 0 amide bonds. The number of hydrogen-bond acceptors (Lipinski definition) is 3. The predicted molar refractivity (Wildman–Crippen MR) is 48.6 cm³/mol. The van der Waals surface area contributed by atoms with E-state index in [0.717, 1.165) is 11.3 Å². The smallest absolute Gasteiger partial charge is 0.116 e. The number of rotatable bonds is 0. The first-order chi connectivity index (χ1) is 5.97. The second kappa shape index (κ2) is 3.09. The van der Waals surface area contributed by atoms with Gasteiger partial charge in [-0.15, -0.1) is 0 Å². The maximum Gasteiger partial charge on any atom is 0.116 e. The van der Waals surface area contributed by atoms with Crippen molar-refractivity contribution in [2.24, 2.45) is 4.99 Å². The molecular formula is C9H7N3. The lowest BCUT2D eigenvalue weighted by atomic mass is 10.2. The van der Waals surface area contributed by atoms with Crippen LogP contribution in [0.5, 0.6) is 0 Å². The van der Waals surface area contributed by atoms with E-state index >= 15 is 0 Å². The van der Waals surface area contributed by atoms with E-state index in [2.05, 4.69) is 15.0 Å². The van der Waals surface area contributed by atoms with Gasteiger partial charge in [-0.3, -0.25) is 4.99 Å². The minimum Gasteiger partial charge on any atom is -0.265 e. The number of aliphatic imine (C=N–C) groups is 1. The quantitative estimate of drug-likeness (QED) is 0.573. The number of nitrogens with zero attached hydrogens (tertiary/aromatic N) is 3. The molecule has 3 heteroatoms. The molecule has 0 N–H and O–H groups in total. The van der Waals surface area contributed by atoms with Crippen LogP contribution in [0.15, 0.2) is 29.8 Å². The highest BCUT2D eigenvalue weighted by atomic mass is 14.8. The largest absolute Gasteiger partial charge is 0.265 e. The number of allylic oxidation sites excluding steroid dienone is 1. The van der Waals surface area contributed by atoms with E-state index in [1.54, 1.807) is 18.6 Å². The molecule has 0 bridgehead atoms. The maximum absolute atomic E-state index is 4.11. The minimum atomic E-state index is 0.924. The Morgan fingerprint density at radius 2 is 2.17 bits per heavy atom. The highest BCUT2D eigenvalue weighted by molar-refractivity contribution is 5.81. The Morgan fingerprint density at radius 3 is 3.17 bits per heavy atom. The summed E-state index contributed by atoms with van der Waals surface area (Å²) in [7, 11) is 0. The molecule has 0 spiro atoms. The Kier molecular flexibility index (Phi) is 1.78. The van der Waals surface area contributed by atoms with Gasteiger partial charge in [-0.2, -0.15) is 0 Å². The van der Waals surface area contributed by atoms with Crippen molar-refractivity contribution in [2.45, 2.75) is 0 Å². The number of aromatic nitrogens is 2. The fraction of sp³-hybridized carbons (Fsp3) is 0. The van der Waals surface area contributed by atoms with Crippen LogP contribution in [0, 0.1) is 0 Å². The third-order valence-corrected chi connectivity index (χ3v) is 1.54. The molecule has 3 nitrogen and oxygen atoms in total. The number of fused-ring (bicyclic) bond motifs is 1. The van der Waals surface area contributed by atoms with E-state index in [1.807, 2.05) is 18.2 Å². The van der Waals surface area contributed by atoms with Crippen LogP contribution < -0.4 is 0 Å². The Labute approximate surface area is 70.2 Å². The van der Waals surface area contributed by atoms with Crippen molar-refractivity contribution >= 4 is 18.4 Å². The normalized spacial score (nSPS) is 21.7. The molecule has 1 aliphatic heterocycles. The summed E-state index contributed by atoms with van der Waals surface area (Å²) < 4.78 is 0. The van der Waals surface area contributed by atoms with Crippen LogP contribution in [0.1, 0.15) is 11.3 Å². The number of hydrogen-bond donors (Lipinski definition) is 0. The Bertz CT molecular complexity index is 329. The summed E-state index contributed by atoms with van der Waals surface area (Å²) in [6, 6.07) is 0. The highest BCUT2D eigenvalue weighted by Crippen LogP contribution is 2.08. The third kappa shape index (κ3) is 1.29. The van der Waals surface area contributed by atoms with Crippen molar-refractivity contribution in [3.8, 4) is 0 Å². The average molecular weight is 157 g/mol. The van der Waals surface area contributed by atoms with Gasteiger partial charge in [0.25, 0.3) is 0 Å². The predicted octanol–water partition coefficient (Wildman–Crippen LogP) is 1.54. The van der Waals surface area contributed by atoms with Crippen LogP contribution in [0.2, 0.25) is 0 Å². The SMILES string of the molecule is C1=C/c2ncncc2\C=C/N=C\1. The van der Waals surface area contributed by atoms with Gasteiger partial charge in [-0.05, 0) is 18.2 Å². The summed E-state index contributed by atoms with van der Waals surface area (Å²) in [5, 5.41) is 0. The van der Waals surface area contributed by atoms with Crippen LogP contribution in [-0.2, 0) is 0 Å². The molecule has 0 fully saturated rings. The van der Waals surface area contributed by atoms with Gasteiger partial charge in [-0.1, -0.05) is 0 Å². The van der Waals surface area contributed by atoms with Crippen LogP contribution in [-0.4, -0.2) is 16.2 Å². The van der Waals surface area contributed by atoms with Crippen molar-refractivity contribution in [2.75, 3.05) is 0 Å². The van der Waals surface area contributed by atoms with Crippen molar-refractivity contribution in [3.63, 3.8) is 0 Å². The van der Waals surface area contributed by atoms with E-state index < -0.39 is 0 Å². The molecule has 2 rings (SSSR count). The molecule has 0 radical (unpaired) electrons. The van der Waals surface area contributed by atoms with Crippen LogP contribution in [0.25, 0.3) is 12.2 Å². The zero-order valence-electron chi connectivity index (χ0n) is 6.38. The lowest BCUT2D eigenvalue weighted by Gasteiger charge is -1.97. The van der Waals surface area contributed by atoms with E-state index in [0.29, 0.717) is 0 Å². The third-order valence-electron chi connectivity index (χ3n) is 1.54. The van der Waals surface area contributed by atoms with Gasteiger partial charge in [0.2, 0.25) is 0 Å². The van der Waals surface area contributed by atoms with E-state index in [-0.39, 0.29) is 0 Å². The molecule has 58 valence electrons. The van der Waals surface area contributed by atoms with Crippen LogP contribution in [0.3, 0.4) is 0 Å². The monoisotopic (exact) mass is 157 g/mol. The zero-order valence-corrected chi connectivity index (χ0v) is 6.38. The van der Waals surface area contributed by atoms with Crippen LogP contribution in [0.4, 0.5) is 0 Å². The van der Waals surface area contributed by atoms with Gasteiger partial charge in [-0.25, -0.2) is 9.97 Å². The minimum absolute atomic E-state index is 0.924. The fourth-order valence-corrected chi connectivity index (χ4v) is 0.974. The summed E-state index contributed by atoms with van der Waals surface area (Å²) in [6.45, 7) is 0. The molecular weight excluding hydrogens is 150 g/mol. The van der Waals surface area contributed by atoms with Gasteiger partial charge in [0.05, 0.1) is 5.69 Å². The summed E-state index contributed by atoms with van der Waals surface area (Å²) in [5.41, 5.74) is 1.91. The molecule has 1 aromatic heterocycles. The molecule has 12 heavy (non-hydrogen) atoms. The van der Waals surface area contributed by atoms with E-state index in [4.69, 9.17) is 0 Å². The molecule has 2 heterocycles. The first-order valence-corrected chi connectivity index (χ1v) is 3.63. The molecule has 0 aromatic carbocycles. The molecule has 0 saturated carbocycles. The standard InChI is InChI=1S/C9H7N3/c1-2-9-8(3-5-10-4-1)6-11-7-12-9/h1-7H/b2-1-,4-1?,5-3-,8-3?,9-2?,10-4-,10-5?. The zero-order chi connectivity index (χ0) is 8.23. The van der Waals surface area contributed by atoms with Crippen molar-refractivity contribution in [3.05, 3.63) is 36.1 Å². The van der Waals surface area contributed by atoms with Gasteiger partial charge >= 0.3 is 0 Å². The summed E-state index contributed by atoms with van der Waals surface area (Å²) in [5.74, 6) is 0. The topological polar surface area (TPSA) is 38.1 Å². The summed E-state index contributed by atoms with van der Waals surface area (Å²) in [6.07, 6.45) is 12.4. The lowest BCUT2D eigenvalue weighted by Crippen LogP contribution is -1.88. The molecule has 0 aliphatic carbocycles. The van der Waals surface area contributed by atoms with Gasteiger partial charge in [0.15, 0.2) is 0 Å². The fourth-order valence-electron chi connectivity index (χ4n) is 0.974. The Hall–Kier alpha value is -1.77. The first kappa shape index (κ1) is 6.91. The lowest BCUT2D eigenvalue weighted by molar-refractivity contribution is 1.14. The van der Waals surface area contributed by atoms with Crippen molar-refractivity contribution < 1.29 is 0 Å². The summed E-state index contributed by atoms with van der Waals surface area (Å²) in [4.78, 5) is 12.0.